The van der Waals surface area contributed by atoms with E-state index in [-0.39, 0.29) is 5.96 Å². The van der Waals surface area contributed by atoms with Gasteiger partial charge in [0, 0.05) is 6.20 Å². The molecule has 0 aliphatic rings. The zero-order valence-electron chi connectivity index (χ0n) is 13.7. The van der Waals surface area contributed by atoms with Crippen LogP contribution < -0.4 is 16.2 Å². The van der Waals surface area contributed by atoms with Crippen molar-refractivity contribution in [1.82, 2.24) is 9.55 Å². The van der Waals surface area contributed by atoms with Crippen molar-refractivity contribution in [3.8, 4) is 11.4 Å². The van der Waals surface area contributed by atoms with Crippen molar-refractivity contribution in [3.05, 3.63) is 56.6 Å². The number of rotatable bonds is 3. The molecule has 142 valence electrons. The minimum Gasteiger partial charge on any atom is -0.494 e. The van der Waals surface area contributed by atoms with Gasteiger partial charge in [0.1, 0.15) is 11.4 Å². The van der Waals surface area contributed by atoms with Crippen LogP contribution in [0.1, 0.15) is 5.69 Å². The highest BCUT2D eigenvalue weighted by molar-refractivity contribution is 5.81. The summed E-state index contributed by atoms with van der Waals surface area (Å²) < 4.78 is 7.16. The second-order valence-corrected chi connectivity index (χ2v) is 4.26. The maximum atomic E-state index is 8.36. The molecule has 14 nitrogen and oxygen atoms in total. The van der Waals surface area contributed by atoms with E-state index in [9.17, 15) is 0 Å². The first-order valence-corrected chi connectivity index (χ1v) is 6.52. The number of imidazole rings is 1. The number of aliphatic imine (C=N–C) groups is 1. The monoisotopic (exact) mass is 371 g/mol. The maximum Gasteiger partial charge on any atom is 0.291 e. The van der Waals surface area contributed by atoms with Crippen LogP contribution in [0.2, 0.25) is 0 Å². The van der Waals surface area contributed by atoms with Crippen LogP contribution >= 0.6 is 0 Å². The molecule has 1 aromatic carbocycles. The Morgan fingerprint density at radius 3 is 2.19 bits per heavy atom. The third-order valence-corrected chi connectivity index (χ3v) is 2.42. The van der Waals surface area contributed by atoms with Crippen LogP contribution in [0.5, 0.6) is 5.75 Å². The second kappa shape index (κ2) is 10.6. The number of para-hydroxylation sites is 1. The molecule has 1 aromatic heterocycles. The minimum atomic E-state index is -1.50. The van der Waals surface area contributed by atoms with E-state index in [1.807, 2.05) is 35.9 Å². The summed E-state index contributed by atoms with van der Waals surface area (Å²) in [5, 5.41) is 27.3. The van der Waals surface area contributed by atoms with E-state index in [1.165, 1.54) is 0 Å². The smallest absolute Gasteiger partial charge is 0.291 e. The number of guanidine groups is 1. The van der Waals surface area contributed by atoms with Crippen LogP contribution in [0.25, 0.3) is 5.69 Å². The van der Waals surface area contributed by atoms with Gasteiger partial charge in [0.2, 0.25) is 0 Å². The molecule has 0 radical (unpaired) electrons. The number of nitrogens with zero attached hydrogens (tertiary/aromatic N) is 5. The van der Waals surface area contributed by atoms with Crippen molar-refractivity contribution in [1.29, 1.82) is 0 Å². The van der Waals surface area contributed by atoms with E-state index >= 15 is 0 Å². The highest BCUT2D eigenvalue weighted by Gasteiger charge is 2.11. The first-order chi connectivity index (χ1) is 12.1. The van der Waals surface area contributed by atoms with Gasteiger partial charge >= 0.3 is 0 Å². The summed E-state index contributed by atoms with van der Waals surface area (Å²) >= 11 is 0. The Morgan fingerprint density at radius 1 is 1.27 bits per heavy atom. The molecule has 0 atom stereocenters. The molecule has 26 heavy (non-hydrogen) atoms. The first-order valence-electron chi connectivity index (χ1n) is 6.52. The third-order valence-electron chi connectivity index (χ3n) is 2.42. The Balaban J connectivity index is 0.000000662. The Morgan fingerprint density at radius 2 is 1.81 bits per heavy atom. The van der Waals surface area contributed by atoms with Crippen molar-refractivity contribution < 1.29 is 25.3 Å². The van der Waals surface area contributed by atoms with Crippen molar-refractivity contribution >= 4 is 11.6 Å². The van der Waals surface area contributed by atoms with Gasteiger partial charge in [-0.25, -0.2) is 9.98 Å². The molecule has 0 amide bonds. The summed E-state index contributed by atoms with van der Waals surface area (Å²) in [7, 11) is 1.60. The maximum absolute atomic E-state index is 8.36. The largest absolute Gasteiger partial charge is 0.494 e. The summed E-state index contributed by atoms with van der Waals surface area (Å²) in [6.07, 6.45) is 3.57. The molecule has 2 rings (SSSR count). The Hall–Kier alpha value is -4.10. The van der Waals surface area contributed by atoms with Crippen LogP contribution in [0.3, 0.4) is 0 Å². The fourth-order valence-electron chi connectivity index (χ4n) is 1.71. The summed E-state index contributed by atoms with van der Waals surface area (Å²) in [6.45, 7) is 1.91. The molecule has 0 saturated heterocycles. The normalized spacial score (nSPS) is 8.85. The van der Waals surface area contributed by atoms with E-state index in [0.29, 0.717) is 11.4 Å². The first kappa shape index (κ1) is 21.9. The van der Waals surface area contributed by atoms with Crippen molar-refractivity contribution in [2.45, 2.75) is 6.92 Å². The number of benzene rings is 1. The second-order valence-electron chi connectivity index (χ2n) is 4.26. The summed E-state index contributed by atoms with van der Waals surface area (Å²) in [5.41, 5.74) is 13.1. The molecule has 0 unspecified atom stereocenters. The van der Waals surface area contributed by atoms with Crippen LogP contribution in [0.4, 0.5) is 5.69 Å². The number of aryl methyl sites for hydroxylation is 1. The van der Waals surface area contributed by atoms with Crippen molar-refractivity contribution in [2.24, 2.45) is 16.5 Å². The van der Waals surface area contributed by atoms with Gasteiger partial charge in [0.05, 0.1) is 24.8 Å². The zero-order valence-corrected chi connectivity index (χ0v) is 13.7. The summed E-state index contributed by atoms with van der Waals surface area (Å²) in [4.78, 5) is 25.0. The van der Waals surface area contributed by atoms with Gasteiger partial charge in [-0.1, -0.05) is 6.07 Å². The number of hydrogen-bond donors (Lipinski definition) is 4. The van der Waals surface area contributed by atoms with E-state index in [1.54, 1.807) is 13.4 Å². The molecule has 1 heterocycles. The quantitative estimate of drug-likeness (QED) is 0.252. The predicted octanol–water partition coefficient (Wildman–Crippen LogP) is 0.399. The molecule has 2 aromatic rings. The van der Waals surface area contributed by atoms with Crippen molar-refractivity contribution in [3.63, 3.8) is 0 Å². The summed E-state index contributed by atoms with van der Waals surface area (Å²) in [5.74, 6) is 0.677. The molecule has 0 bridgehead atoms. The van der Waals surface area contributed by atoms with Crippen LogP contribution in [-0.4, -0.2) is 43.2 Å². The Bertz CT molecular complexity index is 751. The molecule has 0 saturated carbocycles. The molecule has 0 aliphatic heterocycles. The van der Waals surface area contributed by atoms with Gasteiger partial charge in [-0.15, -0.1) is 20.2 Å². The molecule has 14 heteroatoms. The van der Waals surface area contributed by atoms with Gasteiger partial charge in [-0.2, -0.15) is 0 Å². The lowest BCUT2D eigenvalue weighted by Gasteiger charge is -2.11. The molecule has 6 N–H and O–H groups in total. The molecular weight excluding hydrogens is 354 g/mol. The predicted molar refractivity (Wildman–Crippen MR) is 87.9 cm³/mol. The minimum absolute atomic E-state index is 0.00124. The molecule has 0 fully saturated rings. The average molecular weight is 371 g/mol. The zero-order chi connectivity index (χ0) is 20.3. The van der Waals surface area contributed by atoms with E-state index < -0.39 is 10.2 Å². The van der Waals surface area contributed by atoms with Gasteiger partial charge in [-0.05, 0) is 19.1 Å². The van der Waals surface area contributed by atoms with Crippen LogP contribution in [0, 0.1) is 27.2 Å². The number of ether oxygens (including phenoxy) is 1. The fourth-order valence-corrected chi connectivity index (χ4v) is 1.71. The van der Waals surface area contributed by atoms with Gasteiger partial charge in [-0.3, -0.25) is 0 Å². The standard InChI is InChI=1S/C12H15N5O.2HNO3/c1-8-6-17(7-15-8)11-9(16-12(13)14)4-3-5-10(11)18-2;2*2-1(3)4/h3-7H,1-2H3,(H4,13,14,16);2*(H,2,3,4). The lowest BCUT2D eigenvalue weighted by atomic mass is 10.2. The van der Waals surface area contributed by atoms with Gasteiger partial charge in [0.25, 0.3) is 10.2 Å². The Labute approximate surface area is 146 Å². The topological polar surface area (TPSA) is 218 Å². The number of hydrogen-bond acceptors (Lipinski definition) is 7. The lowest BCUT2D eigenvalue weighted by molar-refractivity contribution is -0.742. The number of nitrogens with two attached hydrogens (primary N) is 2. The fraction of sp³-hybridized carbons (Fsp3) is 0.167. The average Bonchev–Trinajstić information content (AvgIpc) is 2.91. The number of methoxy groups -OCH3 is 1. The summed E-state index contributed by atoms with van der Waals surface area (Å²) in [6, 6.07) is 5.48. The molecule has 0 spiro atoms. The van der Waals surface area contributed by atoms with Crippen LogP contribution in [-0.2, 0) is 0 Å². The Kier molecular flexibility index (Phi) is 8.96. The molecule has 0 aliphatic carbocycles. The number of aromatic nitrogens is 2. The highest BCUT2D eigenvalue weighted by Crippen LogP contribution is 2.32. The SMILES string of the molecule is COc1cccc(N=C(N)N)c1-n1cnc(C)c1.O=[N+]([O-])O.O=[N+]([O-])O. The van der Waals surface area contributed by atoms with E-state index in [2.05, 4.69) is 9.98 Å². The van der Waals surface area contributed by atoms with E-state index in [0.717, 1.165) is 11.4 Å². The molecular formula is C12H17N7O7. The lowest BCUT2D eigenvalue weighted by Crippen LogP contribution is -2.22. The van der Waals surface area contributed by atoms with Gasteiger partial charge < -0.3 is 31.2 Å². The van der Waals surface area contributed by atoms with Crippen molar-refractivity contribution in [2.75, 3.05) is 7.11 Å². The van der Waals surface area contributed by atoms with Gasteiger partial charge in [0.15, 0.2) is 5.96 Å². The highest BCUT2D eigenvalue weighted by atomic mass is 16.9. The van der Waals surface area contributed by atoms with Crippen LogP contribution in [0.15, 0.2) is 35.7 Å². The van der Waals surface area contributed by atoms with E-state index in [4.69, 9.17) is 46.8 Å². The third kappa shape index (κ3) is 8.51.